The Morgan fingerprint density at radius 3 is 2.83 bits per heavy atom. The summed E-state index contributed by atoms with van der Waals surface area (Å²) in [5.74, 6) is 1.37. The number of hydrogen-bond acceptors (Lipinski definition) is 5. The zero-order valence-corrected chi connectivity index (χ0v) is 17.2. The Kier molecular flexibility index (Phi) is 5.54. The van der Waals surface area contributed by atoms with Gasteiger partial charge in [0.1, 0.15) is 11.6 Å². The van der Waals surface area contributed by atoms with E-state index in [4.69, 9.17) is 0 Å². The minimum Gasteiger partial charge on any atom is -0.342 e. The third kappa shape index (κ3) is 4.20. The van der Waals surface area contributed by atoms with Crippen LogP contribution >= 0.6 is 0 Å². The van der Waals surface area contributed by atoms with Gasteiger partial charge in [-0.15, -0.1) is 0 Å². The van der Waals surface area contributed by atoms with Crippen molar-refractivity contribution in [2.45, 2.75) is 19.3 Å². The van der Waals surface area contributed by atoms with E-state index in [-0.39, 0.29) is 18.3 Å². The van der Waals surface area contributed by atoms with Gasteiger partial charge in [0.05, 0.1) is 17.6 Å². The van der Waals surface area contributed by atoms with E-state index in [0.717, 1.165) is 53.8 Å². The van der Waals surface area contributed by atoms with Crippen molar-refractivity contribution in [2.75, 3.05) is 25.0 Å². The van der Waals surface area contributed by atoms with Gasteiger partial charge in [0, 0.05) is 33.1 Å². The zero-order chi connectivity index (χ0) is 21.3. The number of amides is 1. The van der Waals surface area contributed by atoms with Crippen molar-refractivity contribution < 1.29 is 4.79 Å². The first-order valence-corrected chi connectivity index (χ1v) is 10.1. The van der Waals surface area contributed by atoms with E-state index in [2.05, 4.69) is 20.2 Å². The average Bonchev–Trinajstić information content (AvgIpc) is 3.13. The van der Waals surface area contributed by atoms with E-state index in [9.17, 15) is 14.4 Å². The normalized spacial score (nSPS) is 17.3. The molecule has 9 heteroatoms. The smallest absolute Gasteiger partial charge is 0.332 e. The maximum atomic E-state index is 12.5. The molecule has 0 bridgehead atoms. The monoisotopic (exact) mass is 410 g/mol. The molecule has 1 aromatic carbocycles. The van der Waals surface area contributed by atoms with Gasteiger partial charge in [0.25, 0.3) is 5.56 Å². The molecule has 9 nitrogen and oxygen atoms in total. The number of anilines is 1. The molecular formula is C21H26N6O3. The molecule has 4 rings (SSSR count). The number of fused-ring (bicyclic) bond motifs is 1. The molecular weight excluding hydrogens is 384 g/mol. The maximum Gasteiger partial charge on any atom is 0.332 e. The Labute approximate surface area is 173 Å². The quantitative estimate of drug-likeness (QED) is 0.649. The molecule has 158 valence electrons. The molecule has 0 unspecified atom stereocenters. The fourth-order valence-corrected chi connectivity index (χ4v) is 4.08. The highest BCUT2D eigenvalue weighted by Crippen LogP contribution is 2.21. The Balaban J connectivity index is 1.37. The number of carbonyl (C=O) groups excluding carboxylic acids is 1. The number of imidazole rings is 1. The van der Waals surface area contributed by atoms with Crippen LogP contribution in [0.5, 0.6) is 0 Å². The number of H-pyrrole nitrogens is 1. The largest absolute Gasteiger partial charge is 0.342 e. The molecule has 1 aliphatic heterocycles. The highest BCUT2D eigenvalue weighted by atomic mass is 16.2. The van der Waals surface area contributed by atoms with Gasteiger partial charge in [-0.2, -0.15) is 0 Å². The molecule has 0 aliphatic carbocycles. The van der Waals surface area contributed by atoms with Crippen molar-refractivity contribution in [3.8, 4) is 0 Å². The molecule has 3 aromatic rings. The Hall–Kier alpha value is -3.20. The number of piperidine rings is 1. The number of likely N-dealkylation sites (tertiary alicyclic amines) is 1. The Bertz CT molecular complexity index is 1160. The number of nitrogens with zero attached hydrogens (tertiary/aromatic N) is 4. The molecule has 1 amide bonds. The molecule has 1 saturated heterocycles. The molecule has 30 heavy (non-hydrogen) atoms. The van der Waals surface area contributed by atoms with Crippen LogP contribution in [0.15, 0.2) is 39.9 Å². The topological polar surface area (TPSA) is 105 Å². The summed E-state index contributed by atoms with van der Waals surface area (Å²) in [4.78, 5) is 46.6. The first kappa shape index (κ1) is 20.1. The van der Waals surface area contributed by atoms with Crippen LogP contribution in [0.3, 0.4) is 0 Å². The van der Waals surface area contributed by atoms with Crippen LogP contribution in [-0.4, -0.2) is 49.5 Å². The molecule has 1 atom stereocenters. The molecule has 1 aliphatic rings. The Morgan fingerprint density at radius 1 is 1.23 bits per heavy atom. The second kappa shape index (κ2) is 8.27. The van der Waals surface area contributed by atoms with Crippen LogP contribution in [-0.2, 0) is 25.3 Å². The molecule has 1 fully saturated rings. The van der Waals surface area contributed by atoms with Gasteiger partial charge in [-0.3, -0.25) is 23.6 Å². The fourth-order valence-electron chi connectivity index (χ4n) is 4.08. The van der Waals surface area contributed by atoms with Crippen LogP contribution in [0.4, 0.5) is 5.82 Å². The van der Waals surface area contributed by atoms with E-state index in [1.807, 2.05) is 24.3 Å². The highest BCUT2D eigenvalue weighted by molar-refractivity contribution is 5.91. The van der Waals surface area contributed by atoms with Crippen molar-refractivity contribution in [3.05, 3.63) is 57.0 Å². The third-order valence-electron chi connectivity index (χ3n) is 5.68. The number of hydrogen-bond donors (Lipinski definition) is 2. The van der Waals surface area contributed by atoms with Crippen molar-refractivity contribution >= 4 is 22.8 Å². The highest BCUT2D eigenvalue weighted by Gasteiger charge is 2.23. The SMILES string of the molecule is Cn1c(NC(=O)CN2CCC[C@H](Cc3nc4ccccc4[nH]3)C2)cc(=O)n(C)c1=O. The molecule has 0 saturated carbocycles. The standard InChI is InChI=1S/C21H26N6O3/c1-25-18(11-20(29)26(2)21(25)30)24-19(28)13-27-9-5-6-14(12-27)10-17-22-15-7-3-4-8-16(15)23-17/h3-4,7-8,11,14H,5-6,9-10,12-13H2,1-2H3,(H,22,23)(H,24,28)/t14-/m1/s1. The zero-order valence-electron chi connectivity index (χ0n) is 17.2. The molecule has 0 spiro atoms. The molecule has 2 N–H and O–H groups in total. The third-order valence-corrected chi connectivity index (χ3v) is 5.68. The number of rotatable bonds is 5. The van der Waals surface area contributed by atoms with Crippen LogP contribution in [0, 0.1) is 5.92 Å². The maximum absolute atomic E-state index is 12.5. The summed E-state index contributed by atoms with van der Waals surface area (Å²) < 4.78 is 2.27. The van der Waals surface area contributed by atoms with Gasteiger partial charge < -0.3 is 10.3 Å². The second-order valence-corrected chi connectivity index (χ2v) is 7.96. The summed E-state index contributed by atoms with van der Waals surface area (Å²) in [7, 11) is 2.94. The van der Waals surface area contributed by atoms with Crippen LogP contribution in [0.1, 0.15) is 18.7 Å². The number of aromatic amines is 1. The van der Waals surface area contributed by atoms with Gasteiger partial charge in [-0.1, -0.05) is 12.1 Å². The lowest BCUT2D eigenvalue weighted by Gasteiger charge is -2.31. The van der Waals surface area contributed by atoms with Gasteiger partial charge in [0.2, 0.25) is 5.91 Å². The van der Waals surface area contributed by atoms with Gasteiger partial charge >= 0.3 is 5.69 Å². The number of para-hydroxylation sites is 2. The van der Waals surface area contributed by atoms with Gasteiger partial charge in [-0.05, 0) is 37.4 Å². The lowest BCUT2D eigenvalue weighted by molar-refractivity contribution is -0.117. The predicted octanol–water partition coefficient (Wildman–Crippen LogP) is 0.854. The number of aromatic nitrogens is 4. The first-order chi connectivity index (χ1) is 14.4. The predicted molar refractivity (Wildman–Crippen MR) is 115 cm³/mol. The number of benzene rings is 1. The van der Waals surface area contributed by atoms with Crippen molar-refractivity contribution in [1.82, 2.24) is 24.0 Å². The van der Waals surface area contributed by atoms with Crippen LogP contribution in [0.2, 0.25) is 0 Å². The van der Waals surface area contributed by atoms with E-state index < -0.39 is 11.2 Å². The molecule has 3 heterocycles. The number of nitrogens with one attached hydrogen (secondary N) is 2. The van der Waals surface area contributed by atoms with E-state index >= 15 is 0 Å². The number of carbonyl (C=O) groups is 1. The van der Waals surface area contributed by atoms with Gasteiger partial charge in [-0.25, -0.2) is 9.78 Å². The summed E-state index contributed by atoms with van der Waals surface area (Å²) in [6, 6.07) is 9.25. The fraction of sp³-hybridized carbons (Fsp3) is 0.429. The molecule has 0 radical (unpaired) electrons. The summed E-state index contributed by atoms with van der Waals surface area (Å²) in [5.41, 5.74) is 1.09. The van der Waals surface area contributed by atoms with E-state index in [1.54, 1.807) is 0 Å². The van der Waals surface area contributed by atoms with Crippen LogP contribution in [0.25, 0.3) is 11.0 Å². The minimum absolute atomic E-state index is 0.212. The minimum atomic E-state index is -0.471. The summed E-state index contributed by atoms with van der Waals surface area (Å²) in [5, 5.41) is 2.70. The van der Waals surface area contributed by atoms with Crippen molar-refractivity contribution in [1.29, 1.82) is 0 Å². The summed E-state index contributed by atoms with van der Waals surface area (Å²) >= 11 is 0. The average molecular weight is 410 g/mol. The summed E-state index contributed by atoms with van der Waals surface area (Å²) in [6.45, 7) is 1.87. The van der Waals surface area contributed by atoms with Crippen molar-refractivity contribution in [3.63, 3.8) is 0 Å². The van der Waals surface area contributed by atoms with E-state index in [0.29, 0.717) is 5.92 Å². The van der Waals surface area contributed by atoms with E-state index in [1.165, 1.54) is 24.7 Å². The van der Waals surface area contributed by atoms with Gasteiger partial charge in [0.15, 0.2) is 0 Å². The summed E-state index contributed by atoms with van der Waals surface area (Å²) in [6.07, 6.45) is 2.96. The first-order valence-electron chi connectivity index (χ1n) is 10.1. The molecule has 2 aromatic heterocycles. The lowest BCUT2D eigenvalue weighted by atomic mass is 9.94. The van der Waals surface area contributed by atoms with Crippen LogP contribution < -0.4 is 16.6 Å². The Morgan fingerprint density at radius 2 is 2.03 bits per heavy atom. The second-order valence-electron chi connectivity index (χ2n) is 7.96. The lowest BCUT2D eigenvalue weighted by Crippen LogP contribution is -2.42. The van der Waals surface area contributed by atoms with Crippen molar-refractivity contribution in [2.24, 2.45) is 20.0 Å².